The fraction of sp³-hybridized carbons (Fsp3) is 0.500. The molecule has 5 nitrogen and oxygen atoms in total. The molecule has 0 saturated heterocycles. The minimum atomic E-state index is -2.61. The lowest BCUT2D eigenvalue weighted by Crippen LogP contribution is -2.09. The molecular formula is C12H17F2N5. The molecule has 0 aromatic carbocycles. The van der Waals surface area contributed by atoms with Crippen LogP contribution in [0.4, 0.5) is 14.5 Å². The highest BCUT2D eigenvalue weighted by molar-refractivity contribution is 5.46. The van der Waals surface area contributed by atoms with Gasteiger partial charge in [0.15, 0.2) is 0 Å². The van der Waals surface area contributed by atoms with Crippen molar-refractivity contribution >= 4 is 5.69 Å². The molecule has 0 spiro atoms. The number of halogens is 2. The van der Waals surface area contributed by atoms with E-state index < -0.39 is 6.55 Å². The predicted molar refractivity (Wildman–Crippen MR) is 68.2 cm³/mol. The third-order valence-corrected chi connectivity index (χ3v) is 3.02. The Bertz CT molecular complexity index is 558. The van der Waals surface area contributed by atoms with Gasteiger partial charge in [-0.05, 0) is 26.3 Å². The molecular weight excluding hydrogens is 252 g/mol. The van der Waals surface area contributed by atoms with E-state index in [2.05, 4.69) is 15.5 Å². The van der Waals surface area contributed by atoms with Gasteiger partial charge in [0.25, 0.3) is 0 Å². The maximum atomic E-state index is 12.5. The second-order valence-electron chi connectivity index (χ2n) is 4.33. The van der Waals surface area contributed by atoms with E-state index in [1.165, 1.54) is 6.20 Å². The third kappa shape index (κ3) is 2.74. The number of rotatable bonds is 5. The van der Waals surface area contributed by atoms with Crippen LogP contribution in [0, 0.1) is 13.8 Å². The predicted octanol–water partition coefficient (Wildman–Crippen LogP) is 2.72. The molecule has 0 unspecified atom stereocenters. The highest BCUT2D eigenvalue weighted by atomic mass is 19.3. The highest BCUT2D eigenvalue weighted by Crippen LogP contribution is 2.19. The topological polar surface area (TPSA) is 47.7 Å². The van der Waals surface area contributed by atoms with Gasteiger partial charge >= 0.3 is 6.55 Å². The number of nitrogens with zero attached hydrogens (tertiary/aromatic N) is 4. The van der Waals surface area contributed by atoms with Gasteiger partial charge in [-0.3, -0.25) is 4.68 Å². The molecule has 0 aliphatic rings. The van der Waals surface area contributed by atoms with Crippen LogP contribution in [-0.4, -0.2) is 19.6 Å². The van der Waals surface area contributed by atoms with Gasteiger partial charge in [-0.25, -0.2) is 4.68 Å². The first-order valence-electron chi connectivity index (χ1n) is 6.12. The van der Waals surface area contributed by atoms with Crippen molar-refractivity contribution in [1.29, 1.82) is 0 Å². The maximum Gasteiger partial charge on any atom is 0.333 e. The van der Waals surface area contributed by atoms with Crippen LogP contribution >= 0.6 is 0 Å². The minimum absolute atomic E-state index is 0.537. The first-order valence-corrected chi connectivity index (χ1v) is 6.12. The summed E-state index contributed by atoms with van der Waals surface area (Å²) < 4.78 is 27.6. The smallest absolute Gasteiger partial charge is 0.333 e. The number of alkyl halides is 2. The molecule has 0 saturated carbocycles. The zero-order chi connectivity index (χ0) is 14.0. The Labute approximate surface area is 110 Å². The summed E-state index contributed by atoms with van der Waals surface area (Å²) in [4.78, 5) is 0. The van der Waals surface area contributed by atoms with Crippen LogP contribution in [-0.2, 0) is 13.1 Å². The molecule has 0 atom stereocenters. The monoisotopic (exact) mass is 269 g/mol. The van der Waals surface area contributed by atoms with E-state index in [1.807, 2.05) is 18.5 Å². The standard InChI is InChI=1S/C12H17F2N5/c1-4-18-11(8(2)5-16-18)6-15-10-7-19(12(13)14)17-9(10)3/h5,7,12,15H,4,6H2,1-3H3. The van der Waals surface area contributed by atoms with Gasteiger partial charge in [-0.1, -0.05) is 0 Å². The summed E-state index contributed by atoms with van der Waals surface area (Å²) in [5.41, 5.74) is 3.30. The second-order valence-corrected chi connectivity index (χ2v) is 4.33. The quantitative estimate of drug-likeness (QED) is 0.908. The largest absolute Gasteiger partial charge is 0.377 e. The Morgan fingerprint density at radius 3 is 2.68 bits per heavy atom. The van der Waals surface area contributed by atoms with Gasteiger partial charge in [-0.2, -0.15) is 19.0 Å². The number of hydrogen-bond donors (Lipinski definition) is 1. The highest BCUT2D eigenvalue weighted by Gasteiger charge is 2.12. The molecule has 0 radical (unpaired) electrons. The van der Waals surface area contributed by atoms with E-state index in [4.69, 9.17) is 0 Å². The summed E-state index contributed by atoms with van der Waals surface area (Å²) in [5, 5.41) is 11.1. The Balaban J connectivity index is 2.12. The van der Waals surface area contributed by atoms with Crippen LogP contribution in [0.1, 0.15) is 30.4 Å². The molecule has 19 heavy (non-hydrogen) atoms. The second kappa shape index (κ2) is 5.38. The first kappa shape index (κ1) is 13.5. The van der Waals surface area contributed by atoms with E-state index >= 15 is 0 Å². The summed E-state index contributed by atoms with van der Waals surface area (Å²) in [6, 6.07) is 0. The summed E-state index contributed by atoms with van der Waals surface area (Å²) in [5.74, 6) is 0. The SMILES string of the molecule is CCn1ncc(C)c1CNc1cn(C(F)F)nc1C. The zero-order valence-electron chi connectivity index (χ0n) is 11.2. The summed E-state index contributed by atoms with van der Waals surface area (Å²) >= 11 is 0. The van der Waals surface area contributed by atoms with Crippen LogP contribution in [0.25, 0.3) is 0 Å². The molecule has 2 aromatic rings. The van der Waals surface area contributed by atoms with Crippen molar-refractivity contribution in [3.05, 3.63) is 29.3 Å². The average Bonchev–Trinajstić information content (AvgIpc) is 2.90. The maximum absolute atomic E-state index is 12.5. The summed E-state index contributed by atoms with van der Waals surface area (Å²) in [7, 11) is 0. The number of anilines is 1. The Hall–Kier alpha value is -1.92. The lowest BCUT2D eigenvalue weighted by molar-refractivity contribution is 0.0563. The van der Waals surface area contributed by atoms with Crippen molar-refractivity contribution in [3.63, 3.8) is 0 Å². The van der Waals surface area contributed by atoms with Crippen LogP contribution in [0.3, 0.4) is 0 Å². The van der Waals surface area contributed by atoms with Gasteiger partial charge < -0.3 is 5.32 Å². The normalized spacial score (nSPS) is 11.3. The number of hydrogen-bond acceptors (Lipinski definition) is 3. The fourth-order valence-corrected chi connectivity index (χ4v) is 1.94. The summed E-state index contributed by atoms with van der Waals surface area (Å²) in [6.07, 6.45) is 3.12. The fourth-order valence-electron chi connectivity index (χ4n) is 1.94. The van der Waals surface area contributed by atoms with E-state index in [0.29, 0.717) is 22.6 Å². The molecule has 1 N–H and O–H groups in total. The molecule has 2 heterocycles. The molecule has 0 fully saturated rings. The lowest BCUT2D eigenvalue weighted by Gasteiger charge is -2.08. The molecule has 0 aliphatic carbocycles. The Morgan fingerprint density at radius 1 is 1.37 bits per heavy atom. The van der Waals surface area contributed by atoms with Gasteiger partial charge in [0.2, 0.25) is 0 Å². The van der Waals surface area contributed by atoms with Gasteiger partial charge in [-0.15, -0.1) is 0 Å². The lowest BCUT2D eigenvalue weighted by atomic mass is 10.2. The molecule has 0 amide bonds. The summed E-state index contributed by atoms with van der Waals surface area (Å²) in [6.45, 7) is 4.39. The van der Waals surface area contributed by atoms with Crippen LogP contribution in [0.2, 0.25) is 0 Å². The van der Waals surface area contributed by atoms with Crippen molar-refractivity contribution in [2.45, 2.75) is 40.4 Å². The van der Waals surface area contributed by atoms with Crippen molar-refractivity contribution in [1.82, 2.24) is 19.6 Å². The third-order valence-electron chi connectivity index (χ3n) is 3.02. The van der Waals surface area contributed by atoms with Crippen molar-refractivity contribution in [2.24, 2.45) is 0 Å². The van der Waals surface area contributed by atoms with E-state index in [9.17, 15) is 8.78 Å². The first-order chi connectivity index (χ1) is 9.02. The van der Waals surface area contributed by atoms with Crippen LogP contribution in [0.15, 0.2) is 12.4 Å². The van der Waals surface area contributed by atoms with Gasteiger partial charge in [0.1, 0.15) is 0 Å². The van der Waals surface area contributed by atoms with Crippen LogP contribution in [0.5, 0.6) is 0 Å². The van der Waals surface area contributed by atoms with Gasteiger partial charge in [0, 0.05) is 6.54 Å². The minimum Gasteiger partial charge on any atom is -0.377 e. The number of aromatic nitrogens is 4. The van der Waals surface area contributed by atoms with Crippen LogP contribution < -0.4 is 5.32 Å². The zero-order valence-corrected chi connectivity index (χ0v) is 11.2. The Morgan fingerprint density at radius 2 is 2.11 bits per heavy atom. The van der Waals surface area contributed by atoms with Crippen molar-refractivity contribution in [3.8, 4) is 0 Å². The average molecular weight is 269 g/mol. The van der Waals surface area contributed by atoms with E-state index in [1.54, 1.807) is 13.1 Å². The Kier molecular flexibility index (Phi) is 3.82. The van der Waals surface area contributed by atoms with Crippen molar-refractivity contribution < 1.29 is 8.78 Å². The number of aryl methyl sites for hydroxylation is 3. The molecule has 2 aromatic heterocycles. The number of nitrogens with one attached hydrogen (secondary N) is 1. The van der Waals surface area contributed by atoms with E-state index in [0.717, 1.165) is 17.8 Å². The molecule has 2 rings (SSSR count). The van der Waals surface area contributed by atoms with E-state index in [-0.39, 0.29) is 0 Å². The molecule has 0 aliphatic heterocycles. The van der Waals surface area contributed by atoms with Gasteiger partial charge in [0.05, 0.1) is 36.0 Å². The molecule has 0 bridgehead atoms. The van der Waals surface area contributed by atoms with Crippen molar-refractivity contribution in [2.75, 3.05) is 5.32 Å². The molecule has 104 valence electrons. The molecule has 7 heteroatoms.